The zero-order chi connectivity index (χ0) is 28.5. The van der Waals surface area contributed by atoms with Crippen molar-refractivity contribution in [3.63, 3.8) is 0 Å². The van der Waals surface area contributed by atoms with E-state index in [4.69, 9.17) is 25.5 Å². The van der Waals surface area contributed by atoms with Crippen molar-refractivity contribution in [2.45, 2.75) is 33.0 Å². The highest BCUT2D eigenvalue weighted by molar-refractivity contribution is 7.87. The van der Waals surface area contributed by atoms with Crippen LogP contribution in [-0.4, -0.2) is 36.8 Å². The summed E-state index contributed by atoms with van der Waals surface area (Å²) in [7, 11) is -4.03. The summed E-state index contributed by atoms with van der Waals surface area (Å²) < 4.78 is 46.5. The van der Waals surface area contributed by atoms with Gasteiger partial charge in [-0.15, -0.1) is 0 Å². The minimum Gasteiger partial charge on any atom is -0.484 e. The van der Waals surface area contributed by atoms with Gasteiger partial charge in [-0.3, -0.25) is 4.79 Å². The fourth-order valence-electron chi connectivity index (χ4n) is 3.77. The topological polar surface area (TPSA) is 111 Å². The van der Waals surface area contributed by atoms with Crippen molar-refractivity contribution in [1.82, 2.24) is 14.0 Å². The zero-order valence-electron chi connectivity index (χ0n) is 22.1. The van der Waals surface area contributed by atoms with E-state index in [1.807, 2.05) is 37.3 Å². The van der Waals surface area contributed by atoms with E-state index < -0.39 is 22.7 Å². The Morgan fingerprint density at radius 3 is 2.38 bits per heavy atom. The molecule has 1 heterocycles. The van der Waals surface area contributed by atoms with E-state index in [9.17, 15) is 13.2 Å². The van der Waals surface area contributed by atoms with E-state index >= 15 is 0 Å². The quantitative estimate of drug-likeness (QED) is 0.206. The molecule has 1 unspecified atom stereocenters. The van der Waals surface area contributed by atoms with E-state index in [0.717, 1.165) is 15.4 Å². The lowest BCUT2D eigenvalue weighted by Gasteiger charge is -2.22. The van der Waals surface area contributed by atoms with Crippen molar-refractivity contribution in [1.29, 1.82) is 0 Å². The molecule has 0 aliphatic rings. The van der Waals surface area contributed by atoms with E-state index in [-0.39, 0.29) is 25.8 Å². The number of esters is 1. The fourth-order valence-corrected chi connectivity index (χ4v) is 5.02. The number of rotatable bonds is 13. The van der Waals surface area contributed by atoms with Crippen LogP contribution in [0.25, 0.3) is 11.5 Å². The average Bonchev–Trinajstić information content (AvgIpc) is 3.45. The van der Waals surface area contributed by atoms with Crippen molar-refractivity contribution in [3.8, 4) is 17.2 Å². The number of nitrogens with zero attached hydrogens (tertiary/aromatic N) is 2. The van der Waals surface area contributed by atoms with Gasteiger partial charge in [-0.1, -0.05) is 54.1 Å². The molecule has 0 spiro atoms. The highest BCUT2D eigenvalue weighted by Gasteiger charge is 2.25. The summed E-state index contributed by atoms with van der Waals surface area (Å²) in [5.41, 5.74) is 2.90. The van der Waals surface area contributed by atoms with E-state index in [2.05, 4.69) is 9.71 Å². The molecule has 0 bridgehead atoms. The van der Waals surface area contributed by atoms with Gasteiger partial charge in [0.25, 0.3) is 10.2 Å². The molecule has 40 heavy (non-hydrogen) atoms. The Hall–Kier alpha value is -3.70. The van der Waals surface area contributed by atoms with Gasteiger partial charge in [0.1, 0.15) is 30.4 Å². The van der Waals surface area contributed by atoms with Crippen molar-refractivity contribution in [2.75, 3.05) is 13.2 Å². The lowest BCUT2D eigenvalue weighted by Crippen LogP contribution is -2.43. The minimum atomic E-state index is -4.03. The predicted octanol–water partition coefficient (Wildman–Crippen LogP) is 5.53. The lowest BCUT2D eigenvalue weighted by atomic mass is 10.2. The molecule has 0 fully saturated rings. The molecule has 3 aromatic carbocycles. The number of carbonyl (C=O) groups excluding carboxylic acids is 1. The molecule has 1 atom stereocenters. The van der Waals surface area contributed by atoms with Crippen molar-refractivity contribution >= 4 is 27.8 Å². The molecule has 0 aliphatic heterocycles. The second-order valence-electron chi connectivity index (χ2n) is 8.87. The van der Waals surface area contributed by atoms with Crippen molar-refractivity contribution < 1.29 is 27.1 Å². The zero-order valence-corrected chi connectivity index (χ0v) is 23.7. The van der Waals surface area contributed by atoms with Crippen LogP contribution in [0.15, 0.2) is 89.5 Å². The van der Waals surface area contributed by atoms with Crippen LogP contribution >= 0.6 is 11.6 Å². The molecule has 0 saturated heterocycles. The summed E-state index contributed by atoms with van der Waals surface area (Å²) >= 11 is 5.91. The van der Waals surface area contributed by atoms with Gasteiger partial charge in [-0.25, -0.2) is 4.98 Å². The monoisotopic (exact) mass is 583 g/mol. The average molecular weight is 584 g/mol. The van der Waals surface area contributed by atoms with Crippen molar-refractivity contribution in [2.24, 2.45) is 0 Å². The highest BCUT2D eigenvalue weighted by Crippen LogP contribution is 2.25. The molecular weight excluding hydrogens is 554 g/mol. The number of carbonyl (C=O) groups is 1. The summed E-state index contributed by atoms with van der Waals surface area (Å²) in [4.78, 5) is 16.7. The Morgan fingerprint density at radius 2 is 1.70 bits per heavy atom. The summed E-state index contributed by atoms with van der Waals surface area (Å²) in [5.74, 6) is 0.436. The first-order chi connectivity index (χ1) is 19.2. The first kappa shape index (κ1) is 29.3. The van der Waals surface area contributed by atoms with Gasteiger partial charge in [0.2, 0.25) is 5.89 Å². The van der Waals surface area contributed by atoms with Gasteiger partial charge < -0.3 is 13.9 Å². The molecule has 1 aromatic heterocycles. The van der Waals surface area contributed by atoms with E-state index in [0.29, 0.717) is 27.9 Å². The summed E-state index contributed by atoms with van der Waals surface area (Å²) in [5, 5.41) is 0.551. The maximum atomic E-state index is 13.1. The normalized spacial score (nSPS) is 12.3. The van der Waals surface area contributed by atoms with Gasteiger partial charge in [-0.05, 0) is 61.4 Å². The fraction of sp³-hybridized carbons (Fsp3) is 0.241. The maximum absolute atomic E-state index is 13.1. The third kappa shape index (κ3) is 8.15. The Balaban J connectivity index is 1.41. The molecular formula is C29H30ClN3O6S. The first-order valence-electron chi connectivity index (χ1n) is 12.6. The molecule has 1 N–H and O–H groups in total. The molecule has 4 rings (SSSR count). The minimum absolute atomic E-state index is 0.0392. The van der Waals surface area contributed by atoms with Crippen molar-refractivity contribution in [3.05, 3.63) is 107 Å². The number of halogens is 1. The Bertz CT molecular complexity index is 1490. The largest absolute Gasteiger partial charge is 0.484 e. The standard InChI is InChI=1S/C29H30ClN3O6S/c1-3-37-28(34)19-33(40(35,36)31-17-22-9-13-25(30)14-10-22)18-23-11-15-26(16-12-23)39-21(2)27-20-38-29(32-27)24-7-5-4-6-8-24/h4-16,20-21,31H,3,17-19H2,1-2H3. The van der Waals surface area contributed by atoms with Crippen LogP contribution in [0, 0.1) is 0 Å². The Labute approximate surface area is 238 Å². The lowest BCUT2D eigenvalue weighted by molar-refractivity contribution is -0.143. The maximum Gasteiger partial charge on any atom is 0.321 e. The number of benzene rings is 3. The predicted molar refractivity (Wildman–Crippen MR) is 152 cm³/mol. The SMILES string of the molecule is CCOC(=O)CN(Cc1ccc(OC(C)c2coc(-c3ccccc3)n2)cc1)S(=O)(=O)NCc1ccc(Cl)cc1. The summed E-state index contributed by atoms with van der Waals surface area (Å²) in [6.45, 7) is 3.23. The third-order valence-electron chi connectivity index (χ3n) is 5.88. The van der Waals surface area contributed by atoms with Crippen LogP contribution < -0.4 is 9.46 Å². The molecule has 210 valence electrons. The number of oxazole rings is 1. The summed E-state index contributed by atoms with van der Waals surface area (Å²) in [6.07, 6.45) is 1.18. The second kappa shape index (κ2) is 13.6. The number of hydrogen-bond donors (Lipinski definition) is 1. The number of hydrogen-bond acceptors (Lipinski definition) is 7. The van der Waals surface area contributed by atoms with Gasteiger partial charge in [-0.2, -0.15) is 17.4 Å². The molecule has 11 heteroatoms. The smallest absolute Gasteiger partial charge is 0.321 e. The molecule has 0 saturated carbocycles. The third-order valence-corrected chi connectivity index (χ3v) is 7.58. The van der Waals surface area contributed by atoms with Gasteiger partial charge in [0.15, 0.2) is 0 Å². The van der Waals surface area contributed by atoms with Gasteiger partial charge in [0, 0.05) is 23.7 Å². The second-order valence-corrected chi connectivity index (χ2v) is 11.1. The van der Waals surface area contributed by atoms with E-state index in [1.165, 1.54) is 0 Å². The van der Waals surface area contributed by atoms with Crippen LogP contribution in [0.3, 0.4) is 0 Å². The number of ether oxygens (including phenoxy) is 2. The molecule has 9 nitrogen and oxygen atoms in total. The van der Waals surface area contributed by atoms with Crippen LogP contribution in [0.1, 0.15) is 36.8 Å². The molecule has 0 aliphatic carbocycles. The van der Waals surface area contributed by atoms with Crippen LogP contribution in [0.5, 0.6) is 5.75 Å². The first-order valence-corrected chi connectivity index (χ1v) is 14.5. The van der Waals surface area contributed by atoms with Crippen LogP contribution in [0.4, 0.5) is 0 Å². The van der Waals surface area contributed by atoms with Gasteiger partial charge in [0.05, 0.1) is 6.61 Å². The molecule has 4 aromatic rings. The highest BCUT2D eigenvalue weighted by atomic mass is 35.5. The molecule has 0 radical (unpaired) electrons. The Morgan fingerprint density at radius 1 is 1.02 bits per heavy atom. The number of aromatic nitrogens is 1. The Kier molecular flexibility index (Phi) is 9.94. The summed E-state index contributed by atoms with van der Waals surface area (Å²) in [6, 6.07) is 23.3. The van der Waals surface area contributed by atoms with Crippen LogP contribution in [-0.2, 0) is 32.8 Å². The van der Waals surface area contributed by atoms with Gasteiger partial charge >= 0.3 is 5.97 Å². The molecule has 0 amide bonds. The van der Waals surface area contributed by atoms with E-state index in [1.54, 1.807) is 61.7 Å². The van der Waals surface area contributed by atoms with Crippen LogP contribution in [0.2, 0.25) is 5.02 Å². The number of nitrogens with one attached hydrogen (secondary N) is 1.